The Morgan fingerprint density at radius 3 is 2.68 bits per heavy atom. The maximum Gasteiger partial charge on any atom is 0.256 e. The van der Waals surface area contributed by atoms with Crippen molar-refractivity contribution in [2.45, 2.75) is 24.0 Å². The third-order valence-electron chi connectivity index (χ3n) is 4.16. The van der Waals surface area contributed by atoms with Crippen molar-refractivity contribution in [2.24, 2.45) is 0 Å². The van der Waals surface area contributed by atoms with Gasteiger partial charge in [-0.25, -0.2) is 13.4 Å². The molecule has 1 aromatic heterocycles. The van der Waals surface area contributed by atoms with Crippen molar-refractivity contribution in [1.29, 1.82) is 0 Å². The number of benzene rings is 1. The van der Waals surface area contributed by atoms with E-state index < -0.39 is 10.0 Å². The predicted octanol–water partition coefficient (Wildman–Crippen LogP) is 2.70. The summed E-state index contributed by atoms with van der Waals surface area (Å²) < 4.78 is 37.5. The van der Waals surface area contributed by atoms with Gasteiger partial charge in [-0.1, -0.05) is 23.4 Å². The molecule has 1 aromatic carbocycles. The van der Waals surface area contributed by atoms with Crippen LogP contribution in [0.15, 0.2) is 32.7 Å². The lowest BCUT2D eigenvalue weighted by molar-refractivity contribution is -0.113. The average molecular weight is 446 g/mol. The summed E-state index contributed by atoms with van der Waals surface area (Å²) in [5, 5.41) is 3.30. The normalized spacial score (nSPS) is 15.5. The predicted molar refractivity (Wildman–Crippen MR) is 106 cm³/mol. The third-order valence-corrected chi connectivity index (χ3v) is 7.21. The molecule has 3 rings (SSSR count). The first kappa shape index (κ1) is 21.1. The fourth-order valence-electron chi connectivity index (χ4n) is 2.52. The van der Waals surface area contributed by atoms with E-state index >= 15 is 0 Å². The lowest BCUT2D eigenvalue weighted by Gasteiger charge is -2.26. The van der Waals surface area contributed by atoms with Crippen molar-refractivity contribution in [1.82, 2.24) is 9.29 Å². The minimum absolute atomic E-state index is 0.0517. The zero-order valence-electron chi connectivity index (χ0n) is 15.4. The van der Waals surface area contributed by atoms with Gasteiger partial charge in [0.1, 0.15) is 5.76 Å². The topological polar surface area (TPSA) is 102 Å². The van der Waals surface area contributed by atoms with Crippen molar-refractivity contribution >= 4 is 45.0 Å². The van der Waals surface area contributed by atoms with Gasteiger partial charge in [0, 0.05) is 13.1 Å². The number of thioether (sulfide) groups is 1. The standard InChI is InChI=1S/C17H20ClN3O5S2/c1-11-12(2)26-17(19-11)27-10-16(22)20-15-9-13(3-4-14(15)18)28(23,24)21-5-7-25-8-6-21/h3-4,9H,5-8,10H2,1-2H3,(H,20,22). The Bertz CT molecular complexity index is 952. The van der Waals surface area contributed by atoms with Crippen LogP contribution in [0, 0.1) is 13.8 Å². The van der Waals surface area contributed by atoms with Gasteiger partial charge in [0.2, 0.25) is 15.9 Å². The van der Waals surface area contributed by atoms with E-state index in [-0.39, 0.29) is 40.4 Å². The number of morpholine rings is 1. The molecule has 0 atom stereocenters. The molecule has 2 aromatic rings. The van der Waals surface area contributed by atoms with Crippen LogP contribution < -0.4 is 5.32 Å². The summed E-state index contributed by atoms with van der Waals surface area (Å²) in [5.74, 6) is 0.407. The number of halogens is 1. The number of aromatic nitrogens is 1. The summed E-state index contributed by atoms with van der Waals surface area (Å²) >= 11 is 7.28. The summed E-state index contributed by atoms with van der Waals surface area (Å²) in [6.07, 6.45) is 0. The van der Waals surface area contributed by atoms with E-state index in [2.05, 4.69) is 10.3 Å². The van der Waals surface area contributed by atoms with Crippen molar-refractivity contribution in [3.8, 4) is 0 Å². The lowest BCUT2D eigenvalue weighted by Crippen LogP contribution is -2.40. The van der Waals surface area contributed by atoms with Crippen LogP contribution in [0.5, 0.6) is 0 Å². The molecule has 0 saturated carbocycles. The molecule has 1 aliphatic rings. The molecule has 152 valence electrons. The van der Waals surface area contributed by atoms with Crippen molar-refractivity contribution < 1.29 is 22.4 Å². The maximum atomic E-state index is 12.8. The number of nitrogens with zero attached hydrogens (tertiary/aromatic N) is 2. The van der Waals surface area contributed by atoms with Gasteiger partial charge in [-0.05, 0) is 32.0 Å². The molecule has 8 nitrogen and oxygen atoms in total. The highest BCUT2D eigenvalue weighted by atomic mass is 35.5. The summed E-state index contributed by atoms with van der Waals surface area (Å²) in [4.78, 5) is 16.5. The molecule has 1 N–H and O–H groups in total. The molecule has 0 bridgehead atoms. The van der Waals surface area contributed by atoms with Crippen molar-refractivity contribution in [3.63, 3.8) is 0 Å². The quantitative estimate of drug-likeness (QED) is 0.682. The van der Waals surface area contributed by atoms with Crippen LogP contribution >= 0.6 is 23.4 Å². The summed E-state index contributed by atoms with van der Waals surface area (Å²) in [6, 6.07) is 4.25. The Balaban J connectivity index is 1.69. The van der Waals surface area contributed by atoms with E-state index in [1.165, 1.54) is 22.5 Å². The first-order valence-electron chi connectivity index (χ1n) is 8.51. The molecule has 0 aliphatic carbocycles. The highest BCUT2D eigenvalue weighted by molar-refractivity contribution is 7.99. The minimum Gasteiger partial charge on any atom is -0.437 e. The van der Waals surface area contributed by atoms with Gasteiger partial charge in [0.15, 0.2) is 0 Å². The Hall–Kier alpha value is -1.59. The molecule has 1 amide bonds. The first-order valence-corrected chi connectivity index (χ1v) is 11.3. The van der Waals surface area contributed by atoms with Gasteiger partial charge < -0.3 is 14.5 Å². The molecule has 1 aliphatic heterocycles. The molecule has 0 radical (unpaired) electrons. The smallest absolute Gasteiger partial charge is 0.256 e. The number of amides is 1. The fourth-order valence-corrected chi connectivity index (χ4v) is 4.83. The summed E-state index contributed by atoms with van der Waals surface area (Å²) in [6.45, 7) is 4.91. The number of rotatable bonds is 6. The van der Waals surface area contributed by atoms with Crippen LogP contribution in [0.2, 0.25) is 5.02 Å². The number of carbonyl (C=O) groups excluding carboxylic acids is 1. The Morgan fingerprint density at radius 1 is 1.32 bits per heavy atom. The zero-order valence-corrected chi connectivity index (χ0v) is 17.8. The van der Waals surface area contributed by atoms with Gasteiger partial charge >= 0.3 is 0 Å². The second-order valence-electron chi connectivity index (χ2n) is 6.12. The lowest BCUT2D eigenvalue weighted by atomic mass is 10.3. The largest absolute Gasteiger partial charge is 0.437 e. The Labute approximate surface area is 172 Å². The first-order chi connectivity index (χ1) is 13.3. The van der Waals surface area contributed by atoms with E-state index in [9.17, 15) is 13.2 Å². The van der Waals surface area contributed by atoms with Crippen LogP contribution in [0.4, 0.5) is 5.69 Å². The van der Waals surface area contributed by atoms with Crippen LogP contribution in [0.1, 0.15) is 11.5 Å². The van der Waals surface area contributed by atoms with E-state index in [1.807, 2.05) is 6.92 Å². The second kappa shape index (κ2) is 8.83. The SMILES string of the molecule is Cc1nc(SCC(=O)Nc2cc(S(=O)(=O)N3CCOCC3)ccc2Cl)oc1C. The second-order valence-corrected chi connectivity index (χ2v) is 9.39. The van der Waals surface area contributed by atoms with Crippen LogP contribution in [-0.4, -0.2) is 55.7 Å². The molecule has 28 heavy (non-hydrogen) atoms. The number of oxazole rings is 1. The molecule has 2 heterocycles. The molecule has 0 spiro atoms. The van der Waals surface area contributed by atoms with Gasteiger partial charge in [0.25, 0.3) is 5.22 Å². The molecular formula is C17H20ClN3O5S2. The summed E-state index contributed by atoms with van der Waals surface area (Å²) in [5.41, 5.74) is 1.01. The van der Waals surface area contributed by atoms with Gasteiger partial charge in [0.05, 0.1) is 40.3 Å². The van der Waals surface area contributed by atoms with E-state index in [0.29, 0.717) is 24.2 Å². The van der Waals surface area contributed by atoms with Gasteiger partial charge in [-0.3, -0.25) is 4.79 Å². The zero-order chi connectivity index (χ0) is 20.3. The number of aryl methyl sites for hydroxylation is 2. The molecule has 0 unspecified atom stereocenters. The maximum absolute atomic E-state index is 12.8. The third kappa shape index (κ3) is 4.87. The minimum atomic E-state index is -3.68. The summed E-state index contributed by atoms with van der Waals surface area (Å²) in [7, 11) is -3.68. The average Bonchev–Trinajstić information content (AvgIpc) is 3.00. The molecular weight excluding hydrogens is 426 g/mol. The molecule has 1 fully saturated rings. The van der Waals surface area contributed by atoms with Crippen LogP contribution in [0.3, 0.4) is 0 Å². The number of hydrogen-bond donors (Lipinski definition) is 1. The Morgan fingerprint density at radius 2 is 2.04 bits per heavy atom. The molecule has 1 saturated heterocycles. The van der Waals surface area contributed by atoms with Crippen molar-refractivity contribution in [2.75, 3.05) is 37.4 Å². The number of anilines is 1. The number of nitrogens with one attached hydrogen (secondary N) is 1. The monoisotopic (exact) mass is 445 g/mol. The van der Waals surface area contributed by atoms with E-state index in [1.54, 1.807) is 6.92 Å². The number of carbonyl (C=O) groups is 1. The molecule has 11 heteroatoms. The van der Waals surface area contributed by atoms with Crippen molar-refractivity contribution in [3.05, 3.63) is 34.7 Å². The Kier molecular flexibility index (Phi) is 6.66. The number of ether oxygens (including phenoxy) is 1. The van der Waals surface area contributed by atoms with E-state index in [4.69, 9.17) is 20.8 Å². The van der Waals surface area contributed by atoms with Crippen LogP contribution in [-0.2, 0) is 19.6 Å². The fraction of sp³-hybridized carbons (Fsp3) is 0.412. The van der Waals surface area contributed by atoms with Gasteiger partial charge in [-0.15, -0.1) is 0 Å². The van der Waals surface area contributed by atoms with Crippen LogP contribution in [0.25, 0.3) is 0 Å². The van der Waals surface area contributed by atoms with E-state index in [0.717, 1.165) is 17.5 Å². The number of sulfonamides is 1. The van der Waals surface area contributed by atoms with Gasteiger partial charge in [-0.2, -0.15) is 4.31 Å². The number of hydrogen-bond acceptors (Lipinski definition) is 7. The highest BCUT2D eigenvalue weighted by Crippen LogP contribution is 2.28. The highest BCUT2D eigenvalue weighted by Gasteiger charge is 2.27.